The summed E-state index contributed by atoms with van der Waals surface area (Å²) in [7, 11) is -2.09. The molecule has 0 bridgehead atoms. The van der Waals surface area contributed by atoms with Gasteiger partial charge in [-0.1, -0.05) is 69.7 Å². The maximum absolute atomic E-state index is 6.42. The van der Waals surface area contributed by atoms with Crippen molar-refractivity contribution in [2.75, 3.05) is 31.5 Å². The molecule has 0 atom stereocenters. The Kier molecular flexibility index (Phi) is 9.29. The molecule has 174 valence electrons. The fourth-order valence-corrected chi connectivity index (χ4v) is 10.3. The average Bonchev–Trinajstić information content (AvgIpc) is 3.13. The summed E-state index contributed by atoms with van der Waals surface area (Å²) in [6.45, 7) is 11.5. The van der Waals surface area contributed by atoms with Crippen molar-refractivity contribution in [2.45, 2.75) is 77.3 Å². The van der Waals surface area contributed by atoms with Crippen LogP contribution in [-0.4, -0.2) is 45.8 Å². The van der Waals surface area contributed by atoms with Crippen molar-refractivity contribution in [1.29, 1.82) is 0 Å². The topological polar surface area (TPSA) is 30.9 Å². The van der Waals surface area contributed by atoms with Gasteiger partial charge in [-0.25, -0.2) is 4.74 Å². The zero-order chi connectivity index (χ0) is 22.5. The highest BCUT2D eigenvalue weighted by Crippen LogP contribution is 2.66. The zero-order valence-corrected chi connectivity index (χ0v) is 22.4. The number of hydrogen-bond acceptors (Lipinski definition) is 1. The molecule has 1 aromatic rings. The number of nitrogens with zero attached hydrogens (tertiary/aromatic N) is 3. The minimum Gasteiger partial charge on any atom is -0.330 e. The first-order valence-electron chi connectivity index (χ1n) is 11.6. The number of hydrogen-bond donors (Lipinski definition) is 1. The van der Waals surface area contributed by atoms with Gasteiger partial charge in [-0.3, -0.25) is 9.34 Å². The van der Waals surface area contributed by atoms with E-state index in [4.69, 9.17) is 40.2 Å². The Morgan fingerprint density at radius 3 is 1.81 bits per heavy atom. The lowest BCUT2D eigenvalue weighted by Gasteiger charge is -2.50. The highest BCUT2D eigenvalue weighted by atomic mass is 35.5. The van der Waals surface area contributed by atoms with E-state index in [1.807, 2.05) is 12.1 Å². The lowest BCUT2D eigenvalue weighted by Crippen LogP contribution is -2.42. The molecule has 0 spiro atoms. The predicted molar refractivity (Wildman–Crippen MR) is 142 cm³/mol. The Hall–Kier alpha value is -0.160. The second-order valence-corrected chi connectivity index (χ2v) is 14.7. The molecule has 1 aromatic carbocycles. The Labute approximate surface area is 204 Å². The van der Waals surface area contributed by atoms with Gasteiger partial charge in [-0.05, 0) is 56.1 Å². The van der Waals surface area contributed by atoms with Crippen LogP contribution in [0.5, 0.6) is 0 Å². The number of rotatable bonds is 3. The molecule has 2 saturated heterocycles. The second kappa shape index (κ2) is 11.3. The third-order valence-electron chi connectivity index (χ3n) is 6.26. The molecule has 31 heavy (non-hydrogen) atoms. The lowest BCUT2D eigenvalue weighted by molar-refractivity contribution is 0.368. The van der Waals surface area contributed by atoms with Crippen molar-refractivity contribution in [2.24, 2.45) is 4.74 Å². The molecule has 4 nitrogen and oxygen atoms in total. The van der Waals surface area contributed by atoms with E-state index in [0.29, 0.717) is 15.2 Å². The normalized spacial score (nSPS) is 20.0. The molecule has 3 rings (SSSR count). The predicted octanol–water partition coefficient (Wildman–Crippen LogP) is 8.27. The van der Waals surface area contributed by atoms with Gasteiger partial charge < -0.3 is 5.32 Å². The van der Waals surface area contributed by atoms with Crippen LogP contribution in [0, 0.1) is 0 Å². The van der Waals surface area contributed by atoms with E-state index in [9.17, 15) is 0 Å². The van der Waals surface area contributed by atoms with Crippen LogP contribution in [0.25, 0.3) is 0 Å². The summed E-state index contributed by atoms with van der Waals surface area (Å²) in [5.74, 6) is 0. The number of thiocarbonyl (C=S) groups is 1. The largest absolute Gasteiger partial charge is 0.330 e. The van der Waals surface area contributed by atoms with E-state index in [1.165, 1.54) is 51.4 Å². The first kappa shape index (κ1) is 25.5. The van der Waals surface area contributed by atoms with Gasteiger partial charge in [0.25, 0.3) is 0 Å². The molecule has 8 heteroatoms. The first-order valence-corrected chi connectivity index (χ1v) is 14.4. The van der Waals surface area contributed by atoms with E-state index < -0.39 is 7.36 Å². The Morgan fingerprint density at radius 1 is 0.903 bits per heavy atom. The summed E-state index contributed by atoms with van der Waals surface area (Å²) >= 11 is 18.3. The van der Waals surface area contributed by atoms with E-state index in [1.54, 1.807) is 6.07 Å². The number of benzene rings is 1. The summed E-state index contributed by atoms with van der Waals surface area (Å²) in [6, 6.07) is 5.44. The lowest BCUT2D eigenvalue weighted by atomic mass is 10.2. The van der Waals surface area contributed by atoms with E-state index >= 15 is 0 Å². The van der Waals surface area contributed by atoms with Gasteiger partial charge in [0.05, 0.1) is 10.7 Å². The highest BCUT2D eigenvalue weighted by Gasteiger charge is 2.44. The summed E-state index contributed by atoms with van der Waals surface area (Å²) in [5.41, 5.74) is 0.763. The van der Waals surface area contributed by atoms with Gasteiger partial charge in [0, 0.05) is 36.4 Å². The van der Waals surface area contributed by atoms with Crippen LogP contribution in [0.4, 0.5) is 5.69 Å². The van der Waals surface area contributed by atoms with Gasteiger partial charge in [-0.15, -0.1) is 0 Å². The average molecular weight is 504 g/mol. The van der Waals surface area contributed by atoms with Crippen LogP contribution in [0.15, 0.2) is 22.9 Å². The van der Waals surface area contributed by atoms with Crippen molar-refractivity contribution < 1.29 is 0 Å². The van der Waals surface area contributed by atoms with Gasteiger partial charge in [0.1, 0.15) is 7.36 Å². The third kappa shape index (κ3) is 6.25. The fraction of sp³-hybridized carbons (Fsp3) is 0.696. The van der Waals surface area contributed by atoms with Crippen LogP contribution in [0.3, 0.4) is 0 Å². The zero-order valence-electron chi connectivity index (χ0n) is 19.2. The molecular formula is C23H37Cl2N4PS. The van der Waals surface area contributed by atoms with Crippen LogP contribution in [0.2, 0.25) is 10.0 Å². The smallest absolute Gasteiger partial charge is 0.198 e. The standard InChI is InChI=1S/C23H37Cl2N4PS/c1-23(2,3)30(28-14-8-4-5-9-15-28,29-16-10-6-7-11-17-29)27-22(31)26-21-13-12-19(24)18-20(21)25/h12-13,18H,4-11,14-17H2,1-3H3,(H,26,31). The van der Waals surface area contributed by atoms with Gasteiger partial charge >= 0.3 is 0 Å². The Bertz CT molecular complexity index is 784. The van der Waals surface area contributed by atoms with Crippen LogP contribution in [0.1, 0.15) is 72.1 Å². The molecule has 0 radical (unpaired) electrons. The number of halogens is 2. The molecule has 0 aliphatic carbocycles. The monoisotopic (exact) mass is 502 g/mol. The van der Waals surface area contributed by atoms with Crippen LogP contribution < -0.4 is 5.32 Å². The molecule has 1 N–H and O–H groups in total. The van der Waals surface area contributed by atoms with Crippen molar-refractivity contribution >= 4 is 53.6 Å². The van der Waals surface area contributed by atoms with E-state index in [-0.39, 0.29) is 5.16 Å². The Balaban J connectivity index is 2.06. The molecule has 0 unspecified atom stereocenters. The van der Waals surface area contributed by atoms with E-state index in [2.05, 4.69) is 35.4 Å². The minimum atomic E-state index is -2.09. The quantitative estimate of drug-likeness (QED) is 0.332. The number of nitrogens with one attached hydrogen (secondary N) is 1. The van der Waals surface area contributed by atoms with Crippen LogP contribution >= 0.6 is 42.8 Å². The first-order chi connectivity index (χ1) is 14.7. The van der Waals surface area contributed by atoms with E-state index in [0.717, 1.165) is 31.9 Å². The van der Waals surface area contributed by atoms with Crippen molar-refractivity contribution in [3.05, 3.63) is 28.2 Å². The van der Waals surface area contributed by atoms with Crippen molar-refractivity contribution in [1.82, 2.24) is 9.34 Å². The minimum absolute atomic E-state index is 0.00277. The number of anilines is 1. The summed E-state index contributed by atoms with van der Waals surface area (Å²) in [6.07, 6.45) is 10.2. The van der Waals surface area contributed by atoms with Crippen molar-refractivity contribution in [3.8, 4) is 0 Å². The molecule has 2 aliphatic heterocycles. The van der Waals surface area contributed by atoms with Gasteiger partial charge in [0.15, 0.2) is 5.11 Å². The molecule has 0 aromatic heterocycles. The van der Waals surface area contributed by atoms with Crippen molar-refractivity contribution in [3.63, 3.8) is 0 Å². The highest BCUT2D eigenvalue weighted by molar-refractivity contribution is 7.81. The van der Waals surface area contributed by atoms with Gasteiger partial charge in [-0.2, -0.15) is 0 Å². The summed E-state index contributed by atoms with van der Waals surface area (Å²) < 4.78 is 10.9. The molecule has 2 aliphatic rings. The molecule has 0 saturated carbocycles. The SMILES string of the molecule is CC(C)(C)P(=NC(=S)Nc1ccc(Cl)cc1Cl)(N1CCCCCC1)N1CCCCCC1. The maximum atomic E-state index is 6.42. The van der Waals surface area contributed by atoms with Crippen LogP contribution in [-0.2, 0) is 0 Å². The summed E-state index contributed by atoms with van der Waals surface area (Å²) in [5, 5.41) is 5.03. The van der Waals surface area contributed by atoms with Gasteiger partial charge in [0.2, 0.25) is 0 Å². The molecule has 0 amide bonds. The third-order valence-corrected chi connectivity index (χ3v) is 11.8. The second-order valence-electron chi connectivity index (χ2n) is 9.63. The molecule has 2 fully saturated rings. The maximum Gasteiger partial charge on any atom is 0.198 e. The molecular weight excluding hydrogens is 466 g/mol. The molecule has 2 heterocycles. The Morgan fingerprint density at radius 2 is 1.39 bits per heavy atom. The summed E-state index contributed by atoms with van der Waals surface area (Å²) in [4.78, 5) is 0. The fourth-order valence-electron chi connectivity index (χ4n) is 4.83.